The Morgan fingerprint density at radius 1 is 0.917 bits per heavy atom. The highest BCUT2D eigenvalue weighted by Crippen LogP contribution is 2.41. The van der Waals surface area contributed by atoms with E-state index in [1.54, 1.807) is 6.92 Å². The number of benzene rings is 2. The summed E-state index contributed by atoms with van der Waals surface area (Å²) in [7, 11) is 0. The predicted octanol–water partition coefficient (Wildman–Crippen LogP) is 4.77. The summed E-state index contributed by atoms with van der Waals surface area (Å²) in [5.74, 6) is -0.100. The van der Waals surface area contributed by atoms with Gasteiger partial charge in [0, 0.05) is 11.1 Å². The number of rotatable bonds is 3. The van der Waals surface area contributed by atoms with Crippen molar-refractivity contribution in [1.82, 2.24) is 0 Å². The summed E-state index contributed by atoms with van der Waals surface area (Å²) in [6.07, 6.45) is 1.93. The molecule has 0 spiro atoms. The van der Waals surface area contributed by atoms with Gasteiger partial charge in [-0.25, -0.2) is 9.78 Å². The van der Waals surface area contributed by atoms with Crippen molar-refractivity contribution in [2.45, 2.75) is 38.9 Å². The second kappa shape index (κ2) is 6.00. The molecule has 0 amide bonds. The van der Waals surface area contributed by atoms with Crippen LogP contribution in [0.3, 0.4) is 0 Å². The molecule has 0 radical (unpaired) electrons. The fourth-order valence-electron chi connectivity index (χ4n) is 2.78. The van der Waals surface area contributed by atoms with Gasteiger partial charge in [-0.1, -0.05) is 54.6 Å². The maximum Gasteiger partial charge on any atom is 0.202 e. The first kappa shape index (κ1) is 16.6. The molecule has 0 saturated heterocycles. The minimum Gasteiger partial charge on any atom is -0.290 e. The Morgan fingerprint density at radius 2 is 1.54 bits per heavy atom. The van der Waals surface area contributed by atoms with Crippen molar-refractivity contribution in [2.24, 2.45) is 0 Å². The van der Waals surface area contributed by atoms with Gasteiger partial charge in [-0.2, -0.15) is 0 Å². The van der Waals surface area contributed by atoms with E-state index < -0.39 is 11.2 Å². The highest BCUT2D eigenvalue weighted by Gasteiger charge is 2.44. The third kappa shape index (κ3) is 3.05. The van der Waals surface area contributed by atoms with E-state index >= 15 is 0 Å². The fraction of sp³-hybridized carbons (Fsp3) is 0.286. The van der Waals surface area contributed by atoms with Crippen LogP contribution in [0.15, 0.2) is 54.6 Å². The first-order valence-corrected chi connectivity index (χ1v) is 8.09. The average molecular weight is 322 g/mol. The third-order valence-electron chi connectivity index (χ3n) is 4.00. The predicted molar refractivity (Wildman–Crippen MR) is 95.0 cm³/mol. The van der Waals surface area contributed by atoms with E-state index in [1.807, 2.05) is 81.4 Å². The molecule has 3 heteroatoms. The van der Waals surface area contributed by atoms with Gasteiger partial charge in [0.1, 0.15) is 0 Å². The number of hydrogen-bond acceptors (Lipinski definition) is 3. The zero-order valence-corrected chi connectivity index (χ0v) is 14.5. The van der Waals surface area contributed by atoms with Gasteiger partial charge in [0.25, 0.3) is 0 Å². The maximum atomic E-state index is 13.3. The van der Waals surface area contributed by atoms with Crippen LogP contribution in [-0.4, -0.2) is 11.4 Å². The lowest BCUT2D eigenvalue weighted by Gasteiger charge is -2.35. The van der Waals surface area contributed by atoms with Crippen LogP contribution in [0.4, 0.5) is 0 Å². The van der Waals surface area contributed by atoms with Crippen LogP contribution >= 0.6 is 0 Å². The van der Waals surface area contributed by atoms with Gasteiger partial charge in [0.15, 0.2) is 5.60 Å². The summed E-state index contributed by atoms with van der Waals surface area (Å²) in [6.45, 7) is 7.45. The Bertz CT molecular complexity index is 784. The molecule has 124 valence electrons. The van der Waals surface area contributed by atoms with Crippen LogP contribution in [0.2, 0.25) is 0 Å². The molecule has 1 aliphatic rings. The van der Waals surface area contributed by atoms with Crippen LogP contribution in [0.25, 0.3) is 11.6 Å². The molecule has 0 N–H and O–H groups in total. The summed E-state index contributed by atoms with van der Waals surface area (Å²) >= 11 is 0. The van der Waals surface area contributed by atoms with E-state index in [2.05, 4.69) is 0 Å². The lowest BCUT2D eigenvalue weighted by Crippen LogP contribution is -2.41. The highest BCUT2D eigenvalue weighted by molar-refractivity contribution is 6.30. The molecule has 0 bridgehead atoms. The molecule has 0 heterocycles. The molecule has 3 nitrogen and oxygen atoms in total. The molecule has 24 heavy (non-hydrogen) atoms. The smallest absolute Gasteiger partial charge is 0.202 e. The van der Waals surface area contributed by atoms with Crippen LogP contribution in [0.5, 0.6) is 0 Å². The summed E-state index contributed by atoms with van der Waals surface area (Å²) in [4.78, 5) is 24.5. The molecule has 1 unspecified atom stereocenters. The monoisotopic (exact) mass is 322 g/mol. The van der Waals surface area contributed by atoms with Gasteiger partial charge < -0.3 is 0 Å². The van der Waals surface area contributed by atoms with Crippen LogP contribution in [0, 0.1) is 0 Å². The van der Waals surface area contributed by atoms with Crippen molar-refractivity contribution in [3.63, 3.8) is 0 Å². The zero-order chi connectivity index (χ0) is 17.4. The molecule has 2 aromatic rings. The van der Waals surface area contributed by atoms with E-state index in [9.17, 15) is 4.79 Å². The Hall–Kier alpha value is -2.23. The largest absolute Gasteiger partial charge is 0.290 e. The van der Waals surface area contributed by atoms with Gasteiger partial charge in [0.05, 0.1) is 5.60 Å². The molecule has 2 aromatic carbocycles. The zero-order valence-electron chi connectivity index (χ0n) is 14.5. The van der Waals surface area contributed by atoms with Crippen molar-refractivity contribution in [1.29, 1.82) is 0 Å². The minimum atomic E-state index is -1.18. The van der Waals surface area contributed by atoms with Crippen molar-refractivity contribution in [3.05, 3.63) is 71.3 Å². The molecular weight excluding hydrogens is 300 g/mol. The van der Waals surface area contributed by atoms with Crippen LogP contribution in [0.1, 0.15) is 44.4 Å². The van der Waals surface area contributed by atoms with E-state index in [-0.39, 0.29) is 5.78 Å². The number of ketones is 1. The standard InChI is InChI=1S/C21H22O3/c1-20(2,3)23-24-21(4)18-13-9-8-12-16(18)14-17(19(21)22)15-10-6-5-7-11-15/h5-14H,1-4H3. The van der Waals surface area contributed by atoms with Crippen molar-refractivity contribution >= 4 is 17.4 Å². The van der Waals surface area contributed by atoms with Crippen molar-refractivity contribution in [3.8, 4) is 0 Å². The number of Topliss-reactive ketones (excluding diaryl/α,β-unsaturated/α-hetero) is 1. The third-order valence-corrected chi connectivity index (χ3v) is 4.00. The Balaban J connectivity index is 2.10. The lowest BCUT2D eigenvalue weighted by molar-refractivity contribution is -0.393. The van der Waals surface area contributed by atoms with E-state index in [0.717, 1.165) is 16.7 Å². The number of carbonyl (C=O) groups is 1. The van der Waals surface area contributed by atoms with E-state index in [1.165, 1.54) is 0 Å². The maximum absolute atomic E-state index is 13.3. The average Bonchev–Trinajstić information content (AvgIpc) is 2.57. The topological polar surface area (TPSA) is 35.5 Å². The van der Waals surface area contributed by atoms with Crippen LogP contribution < -0.4 is 0 Å². The second-order valence-corrected chi connectivity index (χ2v) is 7.15. The van der Waals surface area contributed by atoms with Crippen molar-refractivity contribution < 1.29 is 14.6 Å². The molecule has 3 rings (SSSR count). The summed E-state index contributed by atoms with van der Waals surface area (Å²) in [6, 6.07) is 17.4. The lowest BCUT2D eigenvalue weighted by atomic mass is 9.77. The fourth-order valence-corrected chi connectivity index (χ4v) is 2.78. The van der Waals surface area contributed by atoms with Gasteiger partial charge >= 0.3 is 0 Å². The Kier molecular flexibility index (Phi) is 4.16. The normalized spacial score (nSPS) is 20.5. The van der Waals surface area contributed by atoms with Crippen molar-refractivity contribution in [2.75, 3.05) is 0 Å². The molecule has 0 aromatic heterocycles. The molecule has 1 aliphatic carbocycles. The second-order valence-electron chi connectivity index (χ2n) is 7.15. The first-order valence-electron chi connectivity index (χ1n) is 8.09. The molecule has 0 saturated carbocycles. The highest BCUT2D eigenvalue weighted by atomic mass is 17.2. The summed E-state index contributed by atoms with van der Waals surface area (Å²) in [5.41, 5.74) is 1.61. The number of carbonyl (C=O) groups excluding carboxylic acids is 1. The van der Waals surface area contributed by atoms with Gasteiger partial charge in [-0.3, -0.25) is 4.79 Å². The minimum absolute atomic E-state index is 0.100. The number of fused-ring (bicyclic) bond motifs is 1. The SMILES string of the molecule is CC(C)(C)OOC1(C)C(=O)C(c2ccccc2)=Cc2ccccc21. The van der Waals surface area contributed by atoms with E-state index in [4.69, 9.17) is 9.78 Å². The molecule has 0 fully saturated rings. The molecule has 0 aliphatic heterocycles. The van der Waals surface area contributed by atoms with Gasteiger partial charge in [0.2, 0.25) is 5.78 Å². The van der Waals surface area contributed by atoms with E-state index in [0.29, 0.717) is 5.57 Å². The summed E-state index contributed by atoms with van der Waals surface area (Å²) < 4.78 is 0. The first-order chi connectivity index (χ1) is 11.3. The van der Waals surface area contributed by atoms with Gasteiger partial charge in [-0.05, 0) is 44.9 Å². The molecular formula is C21H22O3. The Labute approximate surface area is 142 Å². The number of hydrogen-bond donors (Lipinski definition) is 0. The van der Waals surface area contributed by atoms with Crippen LogP contribution in [-0.2, 0) is 20.2 Å². The summed E-state index contributed by atoms with van der Waals surface area (Å²) in [5, 5.41) is 0. The quantitative estimate of drug-likeness (QED) is 0.603. The molecule has 1 atom stereocenters. The van der Waals surface area contributed by atoms with Gasteiger partial charge in [-0.15, -0.1) is 0 Å². The Morgan fingerprint density at radius 3 is 2.21 bits per heavy atom.